The van der Waals surface area contributed by atoms with Crippen molar-refractivity contribution in [3.8, 4) is 0 Å². The van der Waals surface area contributed by atoms with Crippen LogP contribution in [-0.2, 0) is 9.90 Å². The normalized spacial score (nSPS) is 10.5. The number of unbranched alkanes of at least 4 members (excludes halogenated alkanes) is 3. The summed E-state index contributed by atoms with van der Waals surface area (Å²) in [7, 11) is 0. The van der Waals surface area contributed by atoms with Crippen molar-refractivity contribution in [3.63, 3.8) is 0 Å². The van der Waals surface area contributed by atoms with Crippen molar-refractivity contribution in [2.45, 2.75) is 32.6 Å². The largest absolute Gasteiger partial charge is 0.378 e. The van der Waals surface area contributed by atoms with Crippen molar-refractivity contribution >= 4 is 5.97 Å². The number of carbonyl (C=O) groups is 1. The lowest BCUT2D eigenvalue weighted by atomic mass is 10.2. The van der Waals surface area contributed by atoms with Crippen LogP contribution in [0.25, 0.3) is 0 Å². The highest BCUT2D eigenvalue weighted by Crippen LogP contribution is 1.98. The minimum Gasteiger partial charge on any atom is -0.242 e. The first-order valence-electron chi connectivity index (χ1n) is 3.65. The van der Waals surface area contributed by atoms with Crippen molar-refractivity contribution < 1.29 is 9.90 Å². The van der Waals surface area contributed by atoms with E-state index in [0.29, 0.717) is 0 Å². The van der Waals surface area contributed by atoms with E-state index in [-0.39, 0.29) is 0 Å². The number of allylic oxidation sites excluding steroid dienone is 1. The average Bonchev–Trinajstić information content (AvgIpc) is 1.87. The highest BCUT2D eigenvalue weighted by atomic mass is 16.4. The summed E-state index contributed by atoms with van der Waals surface area (Å²) in [6.07, 6.45) is 6.99. The quantitative estimate of drug-likeness (QED) is 0.426. The maximum Gasteiger partial charge on any atom is 0.378 e. The second kappa shape index (κ2) is 6.33. The number of hydrogen-bond donors (Lipinski definition) is 0. The second-order valence-electron chi connectivity index (χ2n) is 2.22. The SMILES string of the molecule is CCCCC/C=C\C([O])=O. The molecule has 0 fully saturated rings. The van der Waals surface area contributed by atoms with Crippen LogP contribution in [0.5, 0.6) is 0 Å². The molecule has 0 spiro atoms. The Balaban J connectivity index is 3.10. The Hall–Kier alpha value is -0.790. The van der Waals surface area contributed by atoms with Gasteiger partial charge in [-0.25, -0.2) is 9.90 Å². The van der Waals surface area contributed by atoms with Crippen molar-refractivity contribution in [2.75, 3.05) is 0 Å². The summed E-state index contributed by atoms with van der Waals surface area (Å²) in [5.74, 6) is -1.10. The Morgan fingerprint density at radius 3 is 2.60 bits per heavy atom. The third-order valence-corrected chi connectivity index (χ3v) is 1.23. The van der Waals surface area contributed by atoms with E-state index in [1.54, 1.807) is 6.08 Å². The topological polar surface area (TPSA) is 37.0 Å². The Labute approximate surface area is 61.6 Å². The molecule has 2 nitrogen and oxygen atoms in total. The zero-order valence-electron chi connectivity index (χ0n) is 6.30. The van der Waals surface area contributed by atoms with Gasteiger partial charge < -0.3 is 0 Å². The molecule has 0 N–H and O–H groups in total. The lowest BCUT2D eigenvalue weighted by Gasteiger charge is -1.89. The molecule has 57 valence electrons. The van der Waals surface area contributed by atoms with Crippen LogP contribution in [0, 0.1) is 0 Å². The molecule has 0 aliphatic heterocycles. The van der Waals surface area contributed by atoms with E-state index in [1.807, 2.05) is 0 Å². The van der Waals surface area contributed by atoms with E-state index in [4.69, 9.17) is 0 Å². The van der Waals surface area contributed by atoms with Gasteiger partial charge in [-0.3, -0.25) is 0 Å². The predicted molar refractivity (Wildman–Crippen MR) is 39.0 cm³/mol. The van der Waals surface area contributed by atoms with Crippen LogP contribution in [-0.4, -0.2) is 5.97 Å². The third kappa shape index (κ3) is 7.21. The first-order chi connectivity index (χ1) is 4.77. The van der Waals surface area contributed by atoms with E-state index in [1.165, 1.54) is 6.42 Å². The van der Waals surface area contributed by atoms with Gasteiger partial charge in [-0.2, -0.15) is 0 Å². The smallest absolute Gasteiger partial charge is 0.242 e. The Morgan fingerprint density at radius 2 is 2.10 bits per heavy atom. The molecule has 0 unspecified atom stereocenters. The van der Waals surface area contributed by atoms with Crippen molar-refractivity contribution in [1.29, 1.82) is 0 Å². The van der Waals surface area contributed by atoms with Crippen molar-refractivity contribution in [3.05, 3.63) is 12.2 Å². The van der Waals surface area contributed by atoms with Gasteiger partial charge in [0, 0.05) is 6.08 Å². The molecular weight excluding hydrogens is 128 g/mol. The fraction of sp³-hybridized carbons (Fsp3) is 0.625. The molecule has 0 aromatic rings. The summed E-state index contributed by atoms with van der Waals surface area (Å²) in [6, 6.07) is 0. The van der Waals surface area contributed by atoms with Crippen LogP contribution < -0.4 is 0 Å². The molecule has 0 heterocycles. The van der Waals surface area contributed by atoms with E-state index in [9.17, 15) is 9.90 Å². The molecule has 0 aromatic heterocycles. The molecule has 0 amide bonds. The van der Waals surface area contributed by atoms with Gasteiger partial charge in [-0.1, -0.05) is 25.8 Å². The molecule has 0 aliphatic carbocycles. The molecule has 0 aliphatic rings. The van der Waals surface area contributed by atoms with Gasteiger partial charge in [0.2, 0.25) is 0 Å². The fourth-order valence-electron chi connectivity index (χ4n) is 0.692. The van der Waals surface area contributed by atoms with Gasteiger partial charge in [0.25, 0.3) is 0 Å². The van der Waals surface area contributed by atoms with Gasteiger partial charge in [-0.05, 0) is 12.8 Å². The summed E-state index contributed by atoms with van der Waals surface area (Å²) >= 11 is 0. The van der Waals surface area contributed by atoms with Gasteiger partial charge in [0.15, 0.2) is 0 Å². The summed E-state index contributed by atoms with van der Waals surface area (Å²) in [5, 5.41) is 9.83. The van der Waals surface area contributed by atoms with Crippen LogP contribution in [0.15, 0.2) is 12.2 Å². The predicted octanol–water partition coefficient (Wildman–Crippen LogP) is 2.08. The molecule has 10 heavy (non-hydrogen) atoms. The first-order valence-corrected chi connectivity index (χ1v) is 3.65. The number of carbonyl (C=O) groups excluding carboxylic acids is 1. The molecular formula is C8H13O2. The van der Waals surface area contributed by atoms with E-state index >= 15 is 0 Å². The Morgan fingerprint density at radius 1 is 1.40 bits per heavy atom. The van der Waals surface area contributed by atoms with Crippen LogP contribution >= 0.6 is 0 Å². The van der Waals surface area contributed by atoms with Gasteiger partial charge in [0.1, 0.15) is 0 Å². The van der Waals surface area contributed by atoms with E-state index in [2.05, 4.69) is 6.92 Å². The monoisotopic (exact) mass is 141 g/mol. The lowest BCUT2D eigenvalue weighted by molar-refractivity contribution is -0.137. The van der Waals surface area contributed by atoms with Gasteiger partial charge in [-0.15, -0.1) is 0 Å². The molecule has 2 heteroatoms. The number of rotatable bonds is 5. The zero-order valence-corrected chi connectivity index (χ0v) is 6.30. The standard InChI is InChI=1S/C8H13O2/c1-2-3-4-5-6-7-8(9)10/h6-7H,2-5H2,1H3/b7-6-. The highest BCUT2D eigenvalue weighted by molar-refractivity contribution is 5.79. The van der Waals surface area contributed by atoms with Crippen LogP contribution in [0.2, 0.25) is 0 Å². The van der Waals surface area contributed by atoms with Crippen molar-refractivity contribution in [1.82, 2.24) is 0 Å². The third-order valence-electron chi connectivity index (χ3n) is 1.23. The minimum absolute atomic E-state index is 0.849. The molecule has 0 rings (SSSR count). The minimum atomic E-state index is -1.10. The van der Waals surface area contributed by atoms with Gasteiger partial charge >= 0.3 is 5.97 Å². The molecule has 1 radical (unpaired) electrons. The average molecular weight is 141 g/mol. The van der Waals surface area contributed by atoms with Crippen molar-refractivity contribution in [2.24, 2.45) is 0 Å². The maximum atomic E-state index is 9.83. The van der Waals surface area contributed by atoms with Crippen LogP contribution in [0.4, 0.5) is 0 Å². The molecule has 0 atom stereocenters. The van der Waals surface area contributed by atoms with Gasteiger partial charge in [0.05, 0.1) is 0 Å². The lowest BCUT2D eigenvalue weighted by Crippen LogP contribution is -1.82. The summed E-state index contributed by atoms with van der Waals surface area (Å²) < 4.78 is 0. The first kappa shape index (κ1) is 9.21. The zero-order chi connectivity index (χ0) is 7.82. The molecule has 0 saturated heterocycles. The van der Waals surface area contributed by atoms with E-state index < -0.39 is 5.97 Å². The number of hydrogen-bond acceptors (Lipinski definition) is 1. The van der Waals surface area contributed by atoms with Crippen LogP contribution in [0.3, 0.4) is 0 Å². The molecule has 0 bridgehead atoms. The Bertz CT molecular complexity index is 116. The summed E-state index contributed by atoms with van der Waals surface area (Å²) in [5.41, 5.74) is 0. The highest BCUT2D eigenvalue weighted by Gasteiger charge is 1.87. The summed E-state index contributed by atoms with van der Waals surface area (Å²) in [4.78, 5) is 9.83. The maximum absolute atomic E-state index is 9.83. The Kier molecular flexibility index (Phi) is 5.83. The van der Waals surface area contributed by atoms with Crippen LogP contribution in [0.1, 0.15) is 32.6 Å². The summed E-state index contributed by atoms with van der Waals surface area (Å²) in [6.45, 7) is 2.11. The molecule has 0 aromatic carbocycles. The fourth-order valence-corrected chi connectivity index (χ4v) is 0.692. The van der Waals surface area contributed by atoms with E-state index in [0.717, 1.165) is 25.3 Å². The molecule has 0 saturated carbocycles. The second-order valence-corrected chi connectivity index (χ2v) is 2.22.